The van der Waals surface area contributed by atoms with E-state index >= 15 is 0 Å². The summed E-state index contributed by atoms with van der Waals surface area (Å²) in [6.07, 6.45) is 22.5. The molecule has 1 aliphatic rings. The molecule has 0 bridgehead atoms. The van der Waals surface area contributed by atoms with Crippen LogP contribution in [0.5, 0.6) is 0 Å². The molecule has 0 aliphatic carbocycles. The average molecular weight is 443 g/mol. The summed E-state index contributed by atoms with van der Waals surface area (Å²) in [5.41, 5.74) is 0. The molecule has 1 fully saturated rings. The van der Waals surface area contributed by atoms with Crippen LogP contribution < -0.4 is 0 Å². The van der Waals surface area contributed by atoms with Gasteiger partial charge in [0.05, 0.1) is 13.2 Å². The Morgan fingerprint density at radius 1 is 0.839 bits per heavy atom. The molecule has 3 N–H and O–H groups in total. The van der Waals surface area contributed by atoms with Gasteiger partial charge >= 0.3 is 0 Å². The van der Waals surface area contributed by atoms with E-state index in [4.69, 9.17) is 14.6 Å². The first kappa shape index (κ1) is 28.6. The summed E-state index contributed by atoms with van der Waals surface area (Å²) in [7, 11) is 0. The molecule has 1 aliphatic heterocycles. The minimum atomic E-state index is -1.00. The quantitative estimate of drug-likeness (QED) is 0.166. The number of rotatable bonds is 21. The van der Waals surface area contributed by atoms with Crippen LogP contribution in [0.3, 0.4) is 0 Å². The third-order valence-electron chi connectivity index (χ3n) is 6.20. The summed E-state index contributed by atoms with van der Waals surface area (Å²) >= 11 is 0. The topological polar surface area (TPSA) is 79.2 Å². The lowest BCUT2D eigenvalue weighted by Crippen LogP contribution is -2.42. The maximum atomic E-state index is 9.91. The van der Waals surface area contributed by atoms with Gasteiger partial charge in [-0.2, -0.15) is 0 Å². The van der Waals surface area contributed by atoms with E-state index < -0.39 is 24.4 Å². The minimum Gasteiger partial charge on any atom is -0.394 e. The van der Waals surface area contributed by atoms with E-state index in [-0.39, 0.29) is 13.2 Å². The fourth-order valence-corrected chi connectivity index (χ4v) is 4.17. The molecule has 0 aromatic carbocycles. The van der Waals surface area contributed by atoms with Gasteiger partial charge in [0.1, 0.15) is 24.4 Å². The van der Waals surface area contributed by atoms with Crippen molar-refractivity contribution in [3.05, 3.63) is 12.2 Å². The van der Waals surface area contributed by atoms with Crippen molar-refractivity contribution in [2.45, 2.75) is 134 Å². The first-order chi connectivity index (χ1) is 15.2. The average Bonchev–Trinajstić information content (AvgIpc) is 3.15. The fraction of sp³-hybridized carbons (Fsp3) is 0.923. The summed E-state index contributed by atoms with van der Waals surface area (Å²) in [6, 6.07) is 0. The molecule has 1 saturated heterocycles. The molecule has 0 aromatic rings. The van der Waals surface area contributed by atoms with Crippen LogP contribution in [0, 0.1) is 0 Å². The SMILES string of the molecule is CCCC/C=C/CCCCCCCCCCCCCCO[C@H]1[C@@H]([C@H](O)CO)OC[C@@H]1O. The van der Waals surface area contributed by atoms with E-state index in [0.717, 1.165) is 12.8 Å². The Balaban J connectivity index is 1.81. The van der Waals surface area contributed by atoms with E-state index in [2.05, 4.69) is 19.1 Å². The summed E-state index contributed by atoms with van der Waals surface area (Å²) < 4.78 is 11.1. The van der Waals surface area contributed by atoms with E-state index in [1.807, 2.05) is 0 Å². The Hall–Kier alpha value is -0.460. The van der Waals surface area contributed by atoms with Gasteiger partial charge in [-0.1, -0.05) is 96.1 Å². The van der Waals surface area contributed by atoms with Crippen molar-refractivity contribution >= 4 is 0 Å². The molecule has 0 amide bonds. The number of hydrogen-bond donors (Lipinski definition) is 3. The molecule has 0 unspecified atom stereocenters. The minimum absolute atomic E-state index is 0.156. The van der Waals surface area contributed by atoms with Crippen molar-refractivity contribution in [1.29, 1.82) is 0 Å². The first-order valence-electron chi connectivity index (χ1n) is 13.1. The third-order valence-corrected chi connectivity index (χ3v) is 6.20. The van der Waals surface area contributed by atoms with Crippen LogP contribution >= 0.6 is 0 Å². The first-order valence-corrected chi connectivity index (χ1v) is 13.1. The Labute approximate surface area is 191 Å². The van der Waals surface area contributed by atoms with Crippen molar-refractivity contribution in [2.75, 3.05) is 19.8 Å². The highest BCUT2D eigenvalue weighted by molar-refractivity contribution is 4.89. The summed E-state index contributed by atoms with van der Waals surface area (Å²) in [6.45, 7) is 2.58. The zero-order chi connectivity index (χ0) is 22.6. The van der Waals surface area contributed by atoms with E-state index in [9.17, 15) is 10.2 Å². The van der Waals surface area contributed by atoms with Gasteiger partial charge in [0.2, 0.25) is 0 Å². The molecule has 0 aromatic heterocycles. The van der Waals surface area contributed by atoms with Gasteiger partial charge in [0.15, 0.2) is 0 Å². The molecule has 0 saturated carbocycles. The van der Waals surface area contributed by atoms with Crippen LogP contribution in [-0.4, -0.2) is 59.6 Å². The van der Waals surface area contributed by atoms with E-state index in [1.165, 1.54) is 89.9 Å². The molecule has 31 heavy (non-hydrogen) atoms. The van der Waals surface area contributed by atoms with Crippen LogP contribution in [-0.2, 0) is 9.47 Å². The number of unbranched alkanes of at least 4 members (excludes halogenated alkanes) is 14. The Morgan fingerprint density at radius 2 is 1.35 bits per heavy atom. The molecule has 1 heterocycles. The lowest BCUT2D eigenvalue weighted by molar-refractivity contribution is -0.0938. The zero-order valence-electron chi connectivity index (χ0n) is 20.1. The van der Waals surface area contributed by atoms with Crippen molar-refractivity contribution in [2.24, 2.45) is 0 Å². The number of aliphatic hydroxyl groups is 3. The van der Waals surface area contributed by atoms with Crippen LogP contribution in [0.1, 0.15) is 110 Å². The smallest absolute Gasteiger partial charge is 0.114 e. The molecule has 0 radical (unpaired) electrons. The van der Waals surface area contributed by atoms with Crippen LogP contribution in [0.25, 0.3) is 0 Å². The van der Waals surface area contributed by atoms with E-state index in [0.29, 0.717) is 6.61 Å². The second-order valence-electron chi connectivity index (χ2n) is 9.10. The zero-order valence-corrected chi connectivity index (χ0v) is 20.1. The van der Waals surface area contributed by atoms with Gasteiger partial charge < -0.3 is 24.8 Å². The van der Waals surface area contributed by atoms with Crippen molar-refractivity contribution in [3.8, 4) is 0 Å². The number of hydrogen-bond acceptors (Lipinski definition) is 5. The normalized spacial score (nSPS) is 22.5. The Bertz CT molecular complexity index is 415. The van der Waals surface area contributed by atoms with Gasteiger partial charge in [0, 0.05) is 6.61 Å². The largest absolute Gasteiger partial charge is 0.394 e. The second kappa shape index (κ2) is 20.2. The maximum Gasteiger partial charge on any atom is 0.114 e. The molecule has 4 atom stereocenters. The molecule has 184 valence electrons. The summed E-state index contributed by atoms with van der Waals surface area (Å²) in [5, 5.41) is 28.7. The monoisotopic (exact) mass is 442 g/mol. The molecule has 0 spiro atoms. The van der Waals surface area contributed by atoms with Gasteiger partial charge in [-0.05, 0) is 25.7 Å². The van der Waals surface area contributed by atoms with Gasteiger partial charge in [-0.25, -0.2) is 0 Å². The second-order valence-corrected chi connectivity index (χ2v) is 9.10. The van der Waals surface area contributed by atoms with Crippen LogP contribution in [0.15, 0.2) is 12.2 Å². The maximum absolute atomic E-state index is 9.91. The number of allylic oxidation sites excluding steroid dienone is 2. The van der Waals surface area contributed by atoms with Crippen molar-refractivity contribution in [1.82, 2.24) is 0 Å². The van der Waals surface area contributed by atoms with Gasteiger partial charge in [0.25, 0.3) is 0 Å². The lowest BCUT2D eigenvalue weighted by atomic mass is 10.0. The summed E-state index contributed by atoms with van der Waals surface area (Å²) in [5.74, 6) is 0. The van der Waals surface area contributed by atoms with Crippen molar-refractivity contribution in [3.63, 3.8) is 0 Å². The van der Waals surface area contributed by atoms with Crippen LogP contribution in [0.2, 0.25) is 0 Å². The molecule has 5 nitrogen and oxygen atoms in total. The third kappa shape index (κ3) is 14.3. The highest BCUT2D eigenvalue weighted by Gasteiger charge is 2.40. The Kier molecular flexibility index (Phi) is 18.6. The fourth-order valence-electron chi connectivity index (χ4n) is 4.17. The summed E-state index contributed by atoms with van der Waals surface area (Å²) in [4.78, 5) is 0. The number of ether oxygens (including phenoxy) is 2. The van der Waals surface area contributed by atoms with Crippen LogP contribution in [0.4, 0.5) is 0 Å². The van der Waals surface area contributed by atoms with E-state index in [1.54, 1.807) is 0 Å². The van der Waals surface area contributed by atoms with Gasteiger partial charge in [-0.3, -0.25) is 0 Å². The molecule has 1 rings (SSSR count). The molecular formula is C26H50O5. The predicted molar refractivity (Wildman–Crippen MR) is 127 cm³/mol. The van der Waals surface area contributed by atoms with Crippen molar-refractivity contribution < 1.29 is 24.8 Å². The highest BCUT2D eigenvalue weighted by atomic mass is 16.6. The Morgan fingerprint density at radius 3 is 1.90 bits per heavy atom. The predicted octanol–water partition coefficient (Wildman–Crippen LogP) is 5.30. The van der Waals surface area contributed by atoms with Gasteiger partial charge in [-0.15, -0.1) is 0 Å². The number of aliphatic hydroxyl groups excluding tert-OH is 3. The lowest BCUT2D eigenvalue weighted by Gasteiger charge is -2.23. The highest BCUT2D eigenvalue weighted by Crippen LogP contribution is 2.21. The molecule has 5 heteroatoms. The molecular weight excluding hydrogens is 392 g/mol. The standard InChI is InChI=1S/C26H50O5/c1-2-3-4-5-6-7-8-9-10-11-12-13-14-15-16-17-18-19-20-30-26-24(29)22-31-25(26)23(28)21-27/h5-6,23-29H,2-4,7-22H2,1H3/b6-5+/t23-,24+,25-,26-/m1/s1.